The van der Waals surface area contributed by atoms with E-state index in [1.165, 1.54) is 16.7 Å². The molecule has 152 valence electrons. The van der Waals surface area contributed by atoms with Gasteiger partial charge in [-0.05, 0) is 56.9 Å². The quantitative estimate of drug-likeness (QED) is 0.602. The molecular weight excluding hydrogens is 362 g/mol. The topological polar surface area (TPSA) is 47.4 Å². The van der Waals surface area contributed by atoms with E-state index in [-0.39, 0.29) is 11.9 Å². The number of hydrogen-bond acceptors (Lipinski definition) is 4. The number of imidazole rings is 1. The Morgan fingerprint density at radius 1 is 1.14 bits per heavy atom. The van der Waals surface area contributed by atoms with E-state index in [0.717, 1.165) is 49.5 Å². The molecule has 1 aromatic heterocycles. The molecule has 1 fully saturated rings. The Morgan fingerprint density at radius 2 is 1.90 bits per heavy atom. The lowest BCUT2D eigenvalue weighted by Crippen LogP contribution is -2.38. The zero-order valence-corrected chi connectivity index (χ0v) is 17.5. The SMILES string of the molecule is CCOC(=O)C1CCN(c2nc3ccccc3n2Cc2cc(C)ccc2C)CC1. The summed E-state index contributed by atoms with van der Waals surface area (Å²) in [6, 6.07) is 14.9. The first-order valence-corrected chi connectivity index (χ1v) is 10.5. The Bertz CT molecular complexity index is 1020. The number of esters is 1. The zero-order valence-electron chi connectivity index (χ0n) is 17.5. The van der Waals surface area contributed by atoms with E-state index in [2.05, 4.69) is 59.7 Å². The second kappa shape index (κ2) is 8.27. The van der Waals surface area contributed by atoms with E-state index < -0.39 is 0 Å². The number of fused-ring (bicyclic) bond motifs is 1. The largest absolute Gasteiger partial charge is 0.466 e. The molecule has 0 N–H and O–H groups in total. The van der Waals surface area contributed by atoms with Gasteiger partial charge in [0.1, 0.15) is 0 Å². The van der Waals surface area contributed by atoms with Gasteiger partial charge in [0.25, 0.3) is 0 Å². The lowest BCUT2D eigenvalue weighted by Gasteiger charge is -2.32. The second-order valence-electron chi connectivity index (χ2n) is 7.93. The summed E-state index contributed by atoms with van der Waals surface area (Å²) < 4.78 is 7.54. The summed E-state index contributed by atoms with van der Waals surface area (Å²) in [6.45, 7) is 9.04. The summed E-state index contributed by atoms with van der Waals surface area (Å²) in [5.74, 6) is 0.938. The predicted molar refractivity (Wildman–Crippen MR) is 116 cm³/mol. The van der Waals surface area contributed by atoms with Gasteiger partial charge in [0.05, 0.1) is 30.1 Å². The first-order chi connectivity index (χ1) is 14.1. The molecule has 0 amide bonds. The van der Waals surface area contributed by atoms with Crippen LogP contribution in [-0.2, 0) is 16.1 Å². The molecule has 1 saturated heterocycles. The van der Waals surface area contributed by atoms with Gasteiger partial charge in [-0.25, -0.2) is 4.98 Å². The van der Waals surface area contributed by atoms with Gasteiger partial charge in [-0.3, -0.25) is 4.79 Å². The first kappa shape index (κ1) is 19.5. The van der Waals surface area contributed by atoms with Gasteiger partial charge < -0.3 is 14.2 Å². The van der Waals surface area contributed by atoms with Gasteiger partial charge in [0.15, 0.2) is 0 Å². The molecule has 0 saturated carbocycles. The maximum atomic E-state index is 12.1. The number of nitrogens with zero attached hydrogens (tertiary/aromatic N) is 3. The van der Waals surface area contributed by atoms with Gasteiger partial charge in [-0.2, -0.15) is 0 Å². The number of ether oxygens (including phenoxy) is 1. The minimum atomic E-state index is -0.0592. The van der Waals surface area contributed by atoms with Crippen molar-refractivity contribution < 1.29 is 9.53 Å². The third-order valence-electron chi connectivity index (χ3n) is 5.87. The van der Waals surface area contributed by atoms with Crippen LogP contribution in [0.4, 0.5) is 5.95 Å². The molecule has 0 aliphatic carbocycles. The third kappa shape index (κ3) is 4.00. The number of hydrogen-bond donors (Lipinski definition) is 0. The van der Waals surface area contributed by atoms with Crippen molar-refractivity contribution in [2.45, 2.75) is 40.2 Å². The zero-order chi connectivity index (χ0) is 20.4. The van der Waals surface area contributed by atoms with Crippen molar-refractivity contribution in [2.24, 2.45) is 5.92 Å². The molecule has 0 radical (unpaired) electrons. The lowest BCUT2D eigenvalue weighted by molar-refractivity contribution is -0.148. The summed E-state index contributed by atoms with van der Waals surface area (Å²) in [4.78, 5) is 19.4. The number of piperidine rings is 1. The molecule has 5 heteroatoms. The molecule has 0 unspecified atom stereocenters. The molecule has 1 aliphatic heterocycles. The highest BCUT2D eigenvalue weighted by molar-refractivity contribution is 5.79. The summed E-state index contributed by atoms with van der Waals surface area (Å²) in [5.41, 5.74) is 6.04. The minimum absolute atomic E-state index is 0.00282. The number of carbonyl (C=O) groups excluding carboxylic acids is 1. The Morgan fingerprint density at radius 3 is 2.66 bits per heavy atom. The van der Waals surface area contributed by atoms with Crippen LogP contribution in [0.25, 0.3) is 11.0 Å². The Labute approximate surface area is 172 Å². The van der Waals surface area contributed by atoms with Crippen LogP contribution in [0, 0.1) is 19.8 Å². The molecule has 4 rings (SSSR count). The number of para-hydroxylation sites is 2. The monoisotopic (exact) mass is 391 g/mol. The normalized spacial score (nSPS) is 15.1. The number of aromatic nitrogens is 2. The van der Waals surface area contributed by atoms with E-state index in [0.29, 0.717) is 6.61 Å². The number of anilines is 1. The van der Waals surface area contributed by atoms with Crippen LogP contribution in [0.2, 0.25) is 0 Å². The predicted octanol–water partition coefficient (Wildman–Crippen LogP) is 4.48. The summed E-state index contributed by atoms with van der Waals surface area (Å²) >= 11 is 0. The van der Waals surface area contributed by atoms with Crippen molar-refractivity contribution in [1.82, 2.24) is 9.55 Å². The molecule has 5 nitrogen and oxygen atoms in total. The number of carbonyl (C=O) groups is 1. The van der Waals surface area contributed by atoms with Crippen molar-refractivity contribution in [3.05, 3.63) is 59.2 Å². The fraction of sp³-hybridized carbons (Fsp3) is 0.417. The Balaban J connectivity index is 1.64. The van der Waals surface area contributed by atoms with Crippen LogP contribution in [0.1, 0.15) is 36.5 Å². The molecule has 2 heterocycles. The molecular formula is C24H29N3O2. The van der Waals surface area contributed by atoms with Crippen molar-refractivity contribution in [3.63, 3.8) is 0 Å². The molecule has 1 aliphatic rings. The Kier molecular flexibility index (Phi) is 5.56. The Hall–Kier alpha value is -2.82. The van der Waals surface area contributed by atoms with Gasteiger partial charge in [-0.15, -0.1) is 0 Å². The molecule has 2 aromatic carbocycles. The van der Waals surface area contributed by atoms with E-state index in [9.17, 15) is 4.79 Å². The van der Waals surface area contributed by atoms with E-state index >= 15 is 0 Å². The van der Waals surface area contributed by atoms with Crippen LogP contribution in [-0.4, -0.2) is 35.2 Å². The minimum Gasteiger partial charge on any atom is -0.466 e. The summed E-state index contributed by atoms with van der Waals surface area (Å²) in [5, 5.41) is 0. The highest BCUT2D eigenvalue weighted by atomic mass is 16.5. The maximum Gasteiger partial charge on any atom is 0.309 e. The van der Waals surface area contributed by atoms with Gasteiger partial charge in [0, 0.05) is 13.1 Å². The smallest absolute Gasteiger partial charge is 0.309 e. The molecule has 0 spiro atoms. The van der Waals surface area contributed by atoms with Gasteiger partial charge >= 0.3 is 5.97 Å². The second-order valence-corrected chi connectivity index (χ2v) is 7.93. The molecule has 3 aromatic rings. The average molecular weight is 392 g/mol. The van der Waals surface area contributed by atoms with E-state index in [1.807, 2.05) is 13.0 Å². The first-order valence-electron chi connectivity index (χ1n) is 10.5. The fourth-order valence-corrected chi connectivity index (χ4v) is 4.18. The van der Waals surface area contributed by atoms with Crippen LogP contribution in [0.5, 0.6) is 0 Å². The lowest BCUT2D eigenvalue weighted by atomic mass is 9.97. The number of benzene rings is 2. The van der Waals surface area contributed by atoms with Crippen LogP contribution in [0.3, 0.4) is 0 Å². The highest BCUT2D eigenvalue weighted by Crippen LogP contribution is 2.29. The number of aryl methyl sites for hydroxylation is 2. The summed E-state index contributed by atoms with van der Waals surface area (Å²) in [7, 11) is 0. The average Bonchev–Trinajstić information content (AvgIpc) is 3.09. The standard InChI is InChI=1S/C24H29N3O2/c1-4-29-23(28)19-11-13-26(14-12-19)24-25-21-7-5-6-8-22(21)27(24)16-20-15-17(2)9-10-18(20)3/h5-10,15,19H,4,11-14,16H2,1-3H3. The van der Waals surface area contributed by atoms with Crippen molar-refractivity contribution >= 4 is 23.0 Å². The van der Waals surface area contributed by atoms with E-state index in [4.69, 9.17) is 9.72 Å². The third-order valence-corrected chi connectivity index (χ3v) is 5.87. The molecule has 0 bridgehead atoms. The summed E-state index contributed by atoms with van der Waals surface area (Å²) in [6.07, 6.45) is 1.62. The highest BCUT2D eigenvalue weighted by Gasteiger charge is 2.28. The maximum absolute atomic E-state index is 12.1. The van der Waals surface area contributed by atoms with Crippen molar-refractivity contribution in [2.75, 3.05) is 24.6 Å². The van der Waals surface area contributed by atoms with Crippen molar-refractivity contribution in [1.29, 1.82) is 0 Å². The van der Waals surface area contributed by atoms with E-state index in [1.54, 1.807) is 0 Å². The number of rotatable bonds is 5. The fourth-order valence-electron chi connectivity index (χ4n) is 4.18. The molecule has 29 heavy (non-hydrogen) atoms. The van der Waals surface area contributed by atoms with Gasteiger partial charge in [0.2, 0.25) is 5.95 Å². The van der Waals surface area contributed by atoms with Crippen molar-refractivity contribution in [3.8, 4) is 0 Å². The van der Waals surface area contributed by atoms with Crippen LogP contribution >= 0.6 is 0 Å². The van der Waals surface area contributed by atoms with Gasteiger partial charge in [-0.1, -0.05) is 35.9 Å². The molecule has 0 atom stereocenters. The van der Waals surface area contributed by atoms with Crippen LogP contribution in [0.15, 0.2) is 42.5 Å². The van der Waals surface area contributed by atoms with Crippen LogP contribution < -0.4 is 4.90 Å².